The summed E-state index contributed by atoms with van der Waals surface area (Å²) in [5.74, 6) is 1.98. The fourth-order valence-electron chi connectivity index (χ4n) is 1.51. The van der Waals surface area contributed by atoms with Gasteiger partial charge in [0, 0.05) is 19.4 Å². The smallest absolute Gasteiger partial charge is 0.260 e. The molecule has 0 aliphatic carbocycles. The maximum atomic E-state index is 5.70. The van der Waals surface area contributed by atoms with E-state index in [1.807, 2.05) is 23.8 Å². The van der Waals surface area contributed by atoms with Crippen LogP contribution in [0.4, 0.5) is 5.82 Å². The van der Waals surface area contributed by atoms with Crippen molar-refractivity contribution in [2.24, 2.45) is 5.92 Å². The lowest BCUT2D eigenvalue weighted by atomic mass is 10.1. The molecule has 0 radical (unpaired) electrons. The van der Waals surface area contributed by atoms with E-state index in [0.717, 1.165) is 17.9 Å². The second kappa shape index (κ2) is 5.03. The highest BCUT2D eigenvalue weighted by molar-refractivity contribution is 5.53. The molecule has 0 unspecified atom stereocenters. The molecule has 0 aliphatic heterocycles. The summed E-state index contributed by atoms with van der Waals surface area (Å²) in [6.07, 6.45) is 6.52. The average molecular weight is 234 g/mol. The Morgan fingerprint density at radius 1 is 1.47 bits per heavy atom. The molecule has 0 saturated heterocycles. The summed E-state index contributed by atoms with van der Waals surface area (Å²) in [5.41, 5.74) is 0.757. The topological polar surface area (TPSA) is 51.5 Å². The highest BCUT2D eigenvalue weighted by Gasteiger charge is 2.08. The van der Waals surface area contributed by atoms with Crippen LogP contribution in [0.1, 0.15) is 20.3 Å². The first-order valence-electron chi connectivity index (χ1n) is 5.85. The number of anilines is 1. The van der Waals surface area contributed by atoms with E-state index in [1.54, 1.807) is 6.20 Å². The third-order valence-electron chi connectivity index (χ3n) is 2.53. The van der Waals surface area contributed by atoms with Gasteiger partial charge in [0.1, 0.15) is 5.82 Å². The summed E-state index contributed by atoms with van der Waals surface area (Å²) >= 11 is 0. The molecular formula is C12H18N4O. The van der Waals surface area contributed by atoms with Crippen LogP contribution in [0, 0.1) is 5.92 Å². The van der Waals surface area contributed by atoms with E-state index in [-0.39, 0.29) is 0 Å². The molecule has 2 heterocycles. The number of ether oxygens (including phenoxy) is 1. The number of hydrogen-bond acceptors (Lipinski definition) is 4. The number of aromatic nitrogens is 3. The van der Waals surface area contributed by atoms with Gasteiger partial charge in [-0.2, -0.15) is 4.98 Å². The predicted molar refractivity (Wildman–Crippen MR) is 67.5 cm³/mol. The second-order valence-electron chi connectivity index (χ2n) is 4.37. The summed E-state index contributed by atoms with van der Waals surface area (Å²) in [7, 11) is 1.84. The number of rotatable bonds is 5. The lowest BCUT2D eigenvalue weighted by Crippen LogP contribution is -2.06. The van der Waals surface area contributed by atoms with E-state index in [0.29, 0.717) is 18.4 Å². The Bertz CT molecular complexity index is 492. The van der Waals surface area contributed by atoms with E-state index in [1.165, 1.54) is 0 Å². The van der Waals surface area contributed by atoms with Crippen LogP contribution in [0.25, 0.3) is 5.65 Å². The second-order valence-corrected chi connectivity index (χ2v) is 4.37. The molecule has 0 aromatic carbocycles. The molecule has 2 aromatic rings. The van der Waals surface area contributed by atoms with Crippen molar-refractivity contribution in [2.45, 2.75) is 20.3 Å². The molecule has 92 valence electrons. The molecule has 2 rings (SSSR count). The first kappa shape index (κ1) is 11.7. The zero-order chi connectivity index (χ0) is 12.3. The first-order valence-corrected chi connectivity index (χ1v) is 5.85. The molecule has 5 heteroatoms. The molecule has 0 spiro atoms. The van der Waals surface area contributed by atoms with E-state index in [2.05, 4.69) is 29.1 Å². The number of hydrogen-bond donors (Lipinski definition) is 1. The van der Waals surface area contributed by atoms with Crippen molar-refractivity contribution in [1.82, 2.24) is 14.4 Å². The SMILES string of the molecule is CNc1cn2ccnc2c(OCCC(C)C)n1. The standard InChI is InChI=1S/C12H18N4O/c1-9(2)4-7-17-12-11-14-5-6-16(11)8-10(13-3)15-12/h5-6,8-9,13H,4,7H2,1-3H3. The Kier molecular flexibility index (Phi) is 3.46. The molecule has 0 fully saturated rings. The van der Waals surface area contributed by atoms with E-state index in [9.17, 15) is 0 Å². The maximum absolute atomic E-state index is 5.70. The van der Waals surface area contributed by atoms with Crippen molar-refractivity contribution in [3.63, 3.8) is 0 Å². The first-order chi connectivity index (χ1) is 8.20. The van der Waals surface area contributed by atoms with Gasteiger partial charge in [-0.15, -0.1) is 0 Å². The highest BCUT2D eigenvalue weighted by Crippen LogP contribution is 2.18. The average Bonchev–Trinajstić information content (AvgIpc) is 2.76. The summed E-state index contributed by atoms with van der Waals surface area (Å²) in [6, 6.07) is 0. The lowest BCUT2D eigenvalue weighted by Gasteiger charge is -2.09. The van der Waals surface area contributed by atoms with Crippen LogP contribution in [0.5, 0.6) is 5.88 Å². The fourth-order valence-corrected chi connectivity index (χ4v) is 1.51. The number of fused-ring (bicyclic) bond motifs is 1. The zero-order valence-corrected chi connectivity index (χ0v) is 10.5. The minimum absolute atomic E-state index is 0.586. The van der Waals surface area contributed by atoms with Gasteiger partial charge >= 0.3 is 0 Å². The third-order valence-corrected chi connectivity index (χ3v) is 2.53. The molecule has 0 saturated carbocycles. The minimum Gasteiger partial charge on any atom is -0.475 e. The van der Waals surface area contributed by atoms with Crippen LogP contribution in [0.3, 0.4) is 0 Å². The number of nitrogens with one attached hydrogen (secondary N) is 1. The van der Waals surface area contributed by atoms with Crippen molar-refractivity contribution in [1.29, 1.82) is 0 Å². The van der Waals surface area contributed by atoms with E-state index < -0.39 is 0 Å². The molecule has 17 heavy (non-hydrogen) atoms. The van der Waals surface area contributed by atoms with Gasteiger partial charge < -0.3 is 10.1 Å². The molecule has 0 amide bonds. The quantitative estimate of drug-likeness (QED) is 0.861. The molecule has 5 nitrogen and oxygen atoms in total. The Morgan fingerprint density at radius 3 is 3.00 bits per heavy atom. The monoisotopic (exact) mass is 234 g/mol. The van der Waals surface area contributed by atoms with Gasteiger partial charge in [0.05, 0.1) is 12.8 Å². The van der Waals surface area contributed by atoms with Crippen molar-refractivity contribution in [3.8, 4) is 5.88 Å². The summed E-state index contributed by atoms with van der Waals surface area (Å²) < 4.78 is 7.60. The van der Waals surface area contributed by atoms with Crippen molar-refractivity contribution in [3.05, 3.63) is 18.6 Å². The van der Waals surface area contributed by atoms with Crippen LogP contribution >= 0.6 is 0 Å². The van der Waals surface area contributed by atoms with E-state index >= 15 is 0 Å². The molecule has 2 aromatic heterocycles. The predicted octanol–water partition coefficient (Wildman–Crippen LogP) is 2.20. The number of imidazole rings is 1. The van der Waals surface area contributed by atoms with Crippen LogP contribution in [0.2, 0.25) is 0 Å². The van der Waals surface area contributed by atoms with Gasteiger partial charge in [-0.25, -0.2) is 4.98 Å². The van der Waals surface area contributed by atoms with Crippen LogP contribution in [-0.4, -0.2) is 28.0 Å². The summed E-state index contributed by atoms with van der Waals surface area (Å²) in [5, 5.41) is 3.01. The Balaban J connectivity index is 2.21. The third kappa shape index (κ3) is 2.67. The van der Waals surface area contributed by atoms with Gasteiger partial charge in [-0.3, -0.25) is 4.40 Å². The molecule has 0 aliphatic rings. The Hall–Kier alpha value is -1.78. The van der Waals surface area contributed by atoms with Crippen molar-refractivity contribution in [2.75, 3.05) is 19.0 Å². The minimum atomic E-state index is 0.586. The van der Waals surface area contributed by atoms with Gasteiger partial charge in [-0.05, 0) is 12.3 Å². The zero-order valence-electron chi connectivity index (χ0n) is 10.5. The van der Waals surface area contributed by atoms with Gasteiger partial charge in [-0.1, -0.05) is 13.8 Å². The largest absolute Gasteiger partial charge is 0.475 e. The molecule has 0 bridgehead atoms. The van der Waals surface area contributed by atoms with Crippen molar-refractivity contribution >= 4 is 11.5 Å². The molecular weight excluding hydrogens is 216 g/mol. The summed E-state index contributed by atoms with van der Waals surface area (Å²) in [6.45, 7) is 5.01. The van der Waals surface area contributed by atoms with Crippen LogP contribution in [-0.2, 0) is 0 Å². The normalized spacial score (nSPS) is 11.1. The number of nitrogens with zero attached hydrogens (tertiary/aromatic N) is 3. The van der Waals surface area contributed by atoms with Crippen molar-refractivity contribution < 1.29 is 4.74 Å². The van der Waals surface area contributed by atoms with Gasteiger partial charge in [0.25, 0.3) is 5.88 Å². The summed E-state index contributed by atoms with van der Waals surface area (Å²) in [4.78, 5) is 8.61. The highest BCUT2D eigenvalue weighted by atomic mass is 16.5. The van der Waals surface area contributed by atoms with Gasteiger partial charge in [0.15, 0.2) is 0 Å². The fraction of sp³-hybridized carbons (Fsp3) is 0.500. The molecule has 1 N–H and O–H groups in total. The van der Waals surface area contributed by atoms with Gasteiger partial charge in [0.2, 0.25) is 5.65 Å². The Labute approximate surface area is 101 Å². The van der Waals surface area contributed by atoms with E-state index in [4.69, 9.17) is 4.74 Å². The lowest BCUT2D eigenvalue weighted by molar-refractivity contribution is 0.281. The maximum Gasteiger partial charge on any atom is 0.260 e. The molecule has 0 atom stereocenters. The Morgan fingerprint density at radius 2 is 2.29 bits per heavy atom. The van der Waals surface area contributed by atoms with Crippen LogP contribution in [0.15, 0.2) is 18.6 Å². The van der Waals surface area contributed by atoms with Crippen LogP contribution < -0.4 is 10.1 Å².